The molecular formula is C19H30N2O4. The lowest BCUT2D eigenvalue weighted by molar-refractivity contribution is 0.0805. The summed E-state index contributed by atoms with van der Waals surface area (Å²) in [5.74, 6) is 1.70. The van der Waals surface area contributed by atoms with E-state index in [1.807, 2.05) is 13.0 Å². The molecule has 6 nitrogen and oxygen atoms in total. The molecule has 0 spiro atoms. The number of carbonyl (C=O) groups excluding carboxylic acids is 1. The highest BCUT2D eigenvalue weighted by Crippen LogP contribution is 2.40. The van der Waals surface area contributed by atoms with Gasteiger partial charge in [0.25, 0.3) is 0 Å². The van der Waals surface area contributed by atoms with E-state index < -0.39 is 0 Å². The van der Waals surface area contributed by atoms with Crippen molar-refractivity contribution in [3.05, 3.63) is 22.8 Å². The van der Waals surface area contributed by atoms with Gasteiger partial charge in [-0.15, -0.1) is 0 Å². The lowest BCUT2D eigenvalue weighted by Crippen LogP contribution is -2.44. The van der Waals surface area contributed by atoms with Crippen LogP contribution < -0.4 is 14.8 Å². The summed E-state index contributed by atoms with van der Waals surface area (Å²) in [6.45, 7) is 8.46. The first-order valence-corrected chi connectivity index (χ1v) is 9.00. The van der Waals surface area contributed by atoms with Gasteiger partial charge in [0.05, 0.1) is 27.4 Å². The fraction of sp³-hybridized carbons (Fsp3) is 0.632. The van der Waals surface area contributed by atoms with Crippen molar-refractivity contribution in [1.29, 1.82) is 0 Å². The summed E-state index contributed by atoms with van der Waals surface area (Å²) in [6, 6.07) is 2.11. The molecule has 0 saturated carbocycles. The van der Waals surface area contributed by atoms with Crippen molar-refractivity contribution >= 4 is 6.09 Å². The van der Waals surface area contributed by atoms with Crippen LogP contribution in [0.4, 0.5) is 4.79 Å². The lowest BCUT2D eigenvalue weighted by Gasteiger charge is -2.37. The van der Waals surface area contributed by atoms with Crippen LogP contribution in [0.5, 0.6) is 11.5 Å². The van der Waals surface area contributed by atoms with Crippen molar-refractivity contribution in [2.24, 2.45) is 0 Å². The minimum Gasteiger partial charge on any atom is -0.496 e. The zero-order valence-electron chi connectivity index (χ0n) is 16.0. The van der Waals surface area contributed by atoms with Gasteiger partial charge in [0.15, 0.2) is 0 Å². The molecule has 1 amide bonds. The van der Waals surface area contributed by atoms with Crippen LogP contribution in [0.3, 0.4) is 0 Å². The Morgan fingerprint density at radius 2 is 2.00 bits per heavy atom. The van der Waals surface area contributed by atoms with E-state index >= 15 is 0 Å². The number of fused-ring (bicyclic) bond motifs is 1. The summed E-state index contributed by atoms with van der Waals surface area (Å²) in [6.07, 6.45) is 1.34. The van der Waals surface area contributed by atoms with Crippen molar-refractivity contribution in [3.63, 3.8) is 0 Å². The first-order valence-electron chi connectivity index (χ1n) is 9.00. The predicted molar refractivity (Wildman–Crippen MR) is 97.3 cm³/mol. The van der Waals surface area contributed by atoms with Crippen LogP contribution in [0.2, 0.25) is 0 Å². The Morgan fingerprint density at radius 1 is 1.24 bits per heavy atom. The highest BCUT2D eigenvalue weighted by molar-refractivity contribution is 5.70. The first-order chi connectivity index (χ1) is 12.1. The quantitative estimate of drug-likeness (QED) is 0.819. The summed E-state index contributed by atoms with van der Waals surface area (Å²) in [7, 11) is 3.37. The molecule has 6 heteroatoms. The molecule has 1 aromatic rings. The first kappa shape index (κ1) is 19.4. The molecule has 0 aromatic heterocycles. The standard InChI is InChI=1S/C19H30N2O4/c1-6-14-10-15-16(12-21(14)19(22)25-8-3)17(23-4)9-13(11-20-7-2)18(15)24-5/h9,14,20H,6-8,10-12H2,1-5H3. The Balaban J connectivity index is 2.48. The number of benzene rings is 1. The number of rotatable bonds is 7. The number of ether oxygens (including phenoxy) is 3. The zero-order chi connectivity index (χ0) is 18.4. The number of nitrogens with zero attached hydrogens (tertiary/aromatic N) is 1. The van der Waals surface area contributed by atoms with Crippen LogP contribution >= 0.6 is 0 Å². The van der Waals surface area contributed by atoms with Gasteiger partial charge in [0.2, 0.25) is 0 Å². The second-order valence-electron chi connectivity index (χ2n) is 6.10. The average molecular weight is 350 g/mol. The highest BCUT2D eigenvalue weighted by atomic mass is 16.6. The monoisotopic (exact) mass is 350 g/mol. The third kappa shape index (κ3) is 4.00. The fourth-order valence-electron chi connectivity index (χ4n) is 3.44. The third-order valence-corrected chi connectivity index (χ3v) is 4.70. The molecule has 0 radical (unpaired) electrons. The molecule has 1 aliphatic heterocycles. The Morgan fingerprint density at radius 3 is 2.56 bits per heavy atom. The van der Waals surface area contributed by atoms with E-state index in [0.717, 1.165) is 54.1 Å². The van der Waals surface area contributed by atoms with Crippen molar-refractivity contribution in [3.8, 4) is 11.5 Å². The molecule has 1 heterocycles. The number of nitrogens with one attached hydrogen (secondary N) is 1. The van der Waals surface area contributed by atoms with E-state index in [-0.39, 0.29) is 12.1 Å². The van der Waals surface area contributed by atoms with Crippen molar-refractivity contribution < 1.29 is 19.0 Å². The summed E-state index contributed by atoms with van der Waals surface area (Å²) in [5.41, 5.74) is 3.24. The maximum atomic E-state index is 12.4. The van der Waals surface area contributed by atoms with Gasteiger partial charge in [0, 0.05) is 29.3 Å². The molecule has 1 aliphatic rings. The van der Waals surface area contributed by atoms with Crippen molar-refractivity contribution in [2.45, 2.75) is 52.7 Å². The van der Waals surface area contributed by atoms with Gasteiger partial charge >= 0.3 is 6.09 Å². The number of hydrogen-bond acceptors (Lipinski definition) is 5. The highest BCUT2D eigenvalue weighted by Gasteiger charge is 2.34. The van der Waals surface area contributed by atoms with Gasteiger partial charge in [-0.05, 0) is 32.4 Å². The van der Waals surface area contributed by atoms with E-state index in [0.29, 0.717) is 13.2 Å². The van der Waals surface area contributed by atoms with Gasteiger partial charge in [-0.1, -0.05) is 13.8 Å². The molecule has 0 bridgehead atoms. The summed E-state index contributed by atoms with van der Waals surface area (Å²) >= 11 is 0. The predicted octanol–water partition coefficient (Wildman–Crippen LogP) is 3.11. The molecule has 0 aliphatic carbocycles. The topological polar surface area (TPSA) is 60.0 Å². The van der Waals surface area contributed by atoms with Gasteiger partial charge in [-0.25, -0.2) is 4.79 Å². The molecule has 140 valence electrons. The summed E-state index contributed by atoms with van der Waals surface area (Å²) in [5, 5.41) is 3.35. The SMILES string of the molecule is CCNCc1cc(OC)c2c(c1OC)CC(CC)N(C(=O)OCC)C2. The third-order valence-electron chi connectivity index (χ3n) is 4.70. The maximum Gasteiger partial charge on any atom is 0.410 e. The molecular weight excluding hydrogens is 320 g/mol. The van der Waals surface area contributed by atoms with E-state index in [4.69, 9.17) is 14.2 Å². The normalized spacial score (nSPS) is 16.4. The van der Waals surface area contributed by atoms with E-state index in [1.165, 1.54) is 0 Å². The van der Waals surface area contributed by atoms with Gasteiger partial charge in [-0.2, -0.15) is 0 Å². The average Bonchev–Trinajstić information content (AvgIpc) is 2.64. The van der Waals surface area contributed by atoms with Gasteiger partial charge in [-0.3, -0.25) is 0 Å². The minimum atomic E-state index is -0.266. The second kappa shape index (κ2) is 8.94. The van der Waals surface area contributed by atoms with Crippen LogP contribution in [0.1, 0.15) is 43.9 Å². The number of methoxy groups -OCH3 is 2. The molecule has 25 heavy (non-hydrogen) atoms. The summed E-state index contributed by atoms with van der Waals surface area (Å²) < 4.78 is 16.6. The van der Waals surface area contributed by atoms with Crippen LogP contribution in [0.25, 0.3) is 0 Å². The Labute approximate surface area is 150 Å². The smallest absolute Gasteiger partial charge is 0.410 e. The second-order valence-corrected chi connectivity index (χ2v) is 6.10. The Kier molecular flexibility index (Phi) is 6.93. The van der Waals surface area contributed by atoms with Crippen LogP contribution in [0.15, 0.2) is 6.07 Å². The van der Waals surface area contributed by atoms with Gasteiger partial charge in [0.1, 0.15) is 11.5 Å². The molecule has 1 unspecified atom stereocenters. The largest absolute Gasteiger partial charge is 0.496 e. The van der Waals surface area contributed by atoms with Crippen LogP contribution in [-0.2, 0) is 24.2 Å². The molecule has 1 aromatic carbocycles. The number of amides is 1. The van der Waals surface area contributed by atoms with E-state index in [2.05, 4.69) is 19.2 Å². The molecule has 0 fully saturated rings. The lowest BCUT2D eigenvalue weighted by atomic mass is 9.89. The molecule has 1 N–H and O–H groups in total. The van der Waals surface area contributed by atoms with Crippen LogP contribution in [0, 0.1) is 0 Å². The van der Waals surface area contributed by atoms with Crippen molar-refractivity contribution in [2.75, 3.05) is 27.4 Å². The zero-order valence-corrected chi connectivity index (χ0v) is 16.0. The van der Waals surface area contributed by atoms with Crippen molar-refractivity contribution in [1.82, 2.24) is 10.2 Å². The molecule has 2 rings (SSSR count). The minimum absolute atomic E-state index is 0.0968. The van der Waals surface area contributed by atoms with E-state index in [1.54, 1.807) is 19.1 Å². The maximum absolute atomic E-state index is 12.4. The van der Waals surface area contributed by atoms with Crippen LogP contribution in [-0.4, -0.2) is 44.4 Å². The number of carbonyl (C=O) groups is 1. The number of hydrogen-bond donors (Lipinski definition) is 1. The Hall–Kier alpha value is -1.95. The molecule has 0 saturated heterocycles. The Bertz CT molecular complexity index is 604. The van der Waals surface area contributed by atoms with E-state index in [9.17, 15) is 4.79 Å². The van der Waals surface area contributed by atoms with Gasteiger partial charge < -0.3 is 24.4 Å². The molecule has 1 atom stereocenters. The summed E-state index contributed by atoms with van der Waals surface area (Å²) in [4.78, 5) is 14.2. The fourth-order valence-corrected chi connectivity index (χ4v) is 3.44.